The number of benzene rings is 2. The highest BCUT2D eigenvalue weighted by Crippen LogP contribution is 2.30. The van der Waals surface area contributed by atoms with Crippen LogP contribution in [0, 0.1) is 12.7 Å². The van der Waals surface area contributed by atoms with Crippen molar-refractivity contribution in [1.29, 1.82) is 0 Å². The molecule has 0 aromatic heterocycles. The van der Waals surface area contributed by atoms with E-state index in [0.29, 0.717) is 11.3 Å². The van der Waals surface area contributed by atoms with E-state index < -0.39 is 11.7 Å². The van der Waals surface area contributed by atoms with Gasteiger partial charge in [0.1, 0.15) is 5.82 Å². The van der Waals surface area contributed by atoms with Crippen LogP contribution in [-0.4, -0.2) is 41.9 Å². The molecule has 2 amide bonds. The van der Waals surface area contributed by atoms with E-state index in [0.717, 1.165) is 37.9 Å². The van der Waals surface area contributed by atoms with Crippen molar-refractivity contribution in [2.75, 3.05) is 18.4 Å². The summed E-state index contributed by atoms with van der Waals surface area (Å²) >= 11 is 0. The third-order valence-electron chi connectivity index (χ3n) is 5.74. The molecule has 0 saturated carbocycles. The Morgan fingerprint density at radius 3 is 2.71 bits per heavy atom. The summed E-state index contributed by atoms with van der Waals surface area (Å²) in [5, 5.41) is 6.15. The number of rotatable bonds is 3. The summed E-state index contributed by atoms with van der Waals surface area (Å²) in [4.78, 5) is 27.7. The minimum absolute atomic E-state index is 0.00223. The molecular weight excluding hydrogens is 357 g/mol. The molecule has 2 aliphatic heterocycles. The number of halogens is 1. The fourth-order valence-corrected chi connectivity index (χ4v) is 4.19. The van der Waals surface area contributed by atoms with Gasteiger partial charge < -0.3 is 15.5 Å². The molecule has 2 aliphatic rings. The number of amides is 2. The van der Waals surface area contributed by atoms with E-state index in [9.17, 15) is 14.0 Å². The zero-order valence-corrected chi connectivity index (χ0v) is 15.9. The van der Waals surface area contributed by atoms with Gasteiger partial charge in [0.25, 0.3) is 11.8 Å². The maximum Gasteiger partial charge on any atom is 0.258 e. The minimum atomic E-state index is -0.571. The second-order valence-electron chi connectivity index (χ2n) is 7.55. The molecular formula is C22H24FN3O2. The van der Waals surface area contributed by atoms with Gasteiger partial charge in [-0.3, -0.25) is 9.59 Å². The Bertz CT molecular complexity index is 900. The summed E-state index contributed by atoms with van der Waals surface area (Å²) in [7, 11) is 0. The summed E-state index contributed by atoms with van der Waals surface area (Å²) in [6.45, 7) is 3.61. The first-order valence-electron chi connectivity index (χ1n) is 9.74. The highest BCUT2D eigenvalue weighted by molar-refractivity contribution is 6.05. The van der Waals surface area contributed by atoms with Crippen molar-refractivity contribution in [3.05, 3.63) is 65.0 Å². The van der Waals surface area contributed by atoms with Crippen LogP contribution in [0.2, 0.25) is 0 Å². The Hall–Kier alpha value is -2.73. The topological polar surface area (TPSA) is 61.4 Å². The number of anilines is 1. The number of carbonyl (C=O) groups excluding carboxylic acids is 2. The van der Waals surface area contributed by atoms with Crippen LogP contribution < -0.4 is 10.6 Å². The quantitative estimate of drug-likeness (QED) is 0.857. The number of nitrogens with one attached hydrogen (secondary N) is 2. The first-order chi connectivity index (χ1) is 13.5. The molecule has 2 aromatic carbocycles. The molecule has 2 unspecified atom stereocenters. The molecule has 2 heterocycles. The van der Waals surface area contributed by atoms with E-state index in [1.54, 1.807) is 24.3 Å². The summed E-state index contributed by atoms with van der Waals surface area (Å²) in [6.07, 6.45) is 3.03. The van der Waals surface area contributed by atoms with Crippen molar-refractivity contribution in [3.8, 4) is 0 Å². The summed E-state index contributed by atoms with van der Waals surface area (Å²) in [5.41, 5.74) is 1.88. The molecule has 5 nitrogen and oxygen atoms in total. The number of aryl methyl sites for hydroxylation is 1. The number of carbonyl (C=O) groups is 2. The van der Waals surface area contributed by atoms with Crippen LogP contribution in [-0.2, 0) is 0 Å². The van der Waals surface area contributed by atoms with Gasteiger partial charge in [-0.2, -0.15) is 0 Å². The summed E-state index contributed by atoms with van der Waals surface area (Å²) in [5.74, 6) is -1.10. The number of hydrogen-bond donors (Lipinski definition) is 2. The molecule has 0 spiro atoms. The van der Waals surface area contributed by atoms with Crippen molar-refractivity contribution < 1.29 is 14.0 Å². The van der Waals surface area contributed by atoms with Gasteiger partial charge in [0.2, 0.25) is 0 Å². The average Bonchev–Trinajstić information content (AvgIpc) is 2.95. The van der Waals surface area contributed by atoms with Crippen LogP contribution in [0.1, 0.15) is 45.5 Å². The summed E-state index contributed by atoms with van der Waals surface area (Å²) < 4.78 is 13.9. The zero-order valence-electron chi connectivity index (χ0n) is 15.9. The van der Waals surface area contributed by atoms with Crippen LogP contribution in [0.25, 0.3) is 0 Å². The average molecular weight is 381 g/mol. The Labute approximate surface area is 163 Å². The van der Waals surface area contributed by atoms with Crippen molar-refractivity contribution in [3.63, 3.8) is 0 Å². The van der Waals surface area contributed by atoms with Crippen molar-refractivity contribution in [1.82, 2.24) is 10.2 Å². The first kappa shape index (κ1) is 18.6. The molecule has 4 rings (SSSR count). The van der Waals surface area contributed by atoms with Crippen LogP contribution in [0.15, 0.2) is 42.5 Å². The lowest BCUT2D eigenvalue weighted by atomic mass is 10.1. The van der Waals surface area contributed by atoms with E-state index in [2.05, 4.69) is 10.6 Å². The van der Waals surface area contributed by atoms with E-state index in [1.807, 2.05) is 17.9 Å². The van der Waals surface area contributed by atoms with Crippen LogP contribution >= 0.6 is 0 Å². The summed E-state index contributed by atoms with van der Waals surface area (Å²) in [6, 6.07) is 11.7. The molecule has 0 radical (unpaired) electrons. The lowest BCUT2D eigenvalue weighted by Gasteiger charge is -2.28. The lowest BCUT2D eigenvalue weighted by molar-refractivity contribution is 0.0680. The molecule has 6 heteroatoms. The maximum atomic E-state index is 13.9. The van der Waals surface area contributed by atoms with Gasteiger partial charge in [-0.1, -0.05) is 18.2 Å². The minimum Gasteiger partial charge on any atom is -0.331 e. The molecule has 0 aliphatic carbocycles. The molecule has 2 aromatic rings. The van der Waals surface area contributed by atoms with Crippen molar-refractivity contribution >= 4 is 17.5 Å². The SMILES string of the molecule is Cc1ccc(C(=O)N2C3CCNCC2CC3)cc1NC(=O)c1ccccc1F. The van der Waals surface area contributed by atoms with Gasteiger partial charge in [-0.05, 0) is 62.6 Å². The second-order valence-corrected chi connectivity index (χ2v) is 7.55. The fraction of sp³-hybridized carbons (Fsp3) is 0.364. The van der Waals surface area contributed by atoms with Gasteiger partial charge in [-0.25, -0.2) is 4.39 Å². The second kappa shape index (κ2) is 7.72. The first-order valence-corrected chi connectivity index (χ1v) is 9.74. The third-order valence-corrected chi connectivity index (χ3v) is 5.74. The van der Waals surface area contributed by atoms with Gasteiger partial charge in [0, 0.05) is 29.9 Å². The third kappa shape index (κ3) is 3.52. The number of fused-ring (bicyclic) bond motifs is 2. The number of hydrogen-bond acceptors (Lipinski definition) is 3. The normalized spacial score (nSPS) is 21.3. The molecule has 2 bridgehead atoms. The van der Waals surface area contributed by atoms with Crippen LogP contribution in [0.5, 0.6) is 0 Å². The van der Waals surface area contributed by atoms with E-state index in [4.69, 9.17) is 0 Å². The van der Waals surface area contributed by atoms with Gasteiger partial charge >= 0.3 is 0 Å². The Balaban J connectivity index is 1.58. The Kier molecular flexibility index (Phi) is 5.13. The lowest BCUT2D eigenvalue weighted by Crippen LogP contribution is -2.42. The molecule has 2 fully saturated rings. The van der Waals surface area contributed by atoms with Gasteiger partial charge in [0.05, 0.1) is 5.56 Å². The van der Waals surface area contributed by atoms with Gasteiger partial charge in [0.15, 0.2) is 0 Å². The Morgan fingerprint density at radius 1 is 1.11 bits per heavy atom. The van der Waals surface area contributed by atoms with Gasteiger partial charge in [-0.15, -0.1) is 0 Å². The van der Waals surface area contributed by atoms with E-state index in [1.165, 1.54) is 12.1 Å². The zero-order chi connectivity index (χ0) is 19.7. The van der Waals surface area contributed by atoms with Crippen molar-refractivity contribution in [2.24, 2.45) is 0 Å². The monoisotopic (exact) mass is 381 g/mol. The standard InChI is InChI=1S/C22H24FN3O2/c1-14-6-7-15(22(28)26-16-8-9-17(26)13-24-11-10-16)12-20(14)25-21(27)18-4-2-3-5-19(18)23/h2-7,12,16-17,24H,8-11,13H2,1H3,(H,25,27). The predicted molar refractivity (Wildman–Crippen MR) is 106 cm³/mol. The highest BCUT2D eigenvalue weighted by Gasteiger charge is 2.38. The smallest absolute Gasteiger partial charge is 0.258 e. The molecule has 146 valence electrons. The largest absolute Gasteiger partial charge is 0.331 e. The molecule has 2 saturated heterocycles. The van der Waals surface area contributed by atoms with Crippen LogP contribution in [0.4, 0.5) is 10.1 Å². The molecule has 2 atom stereocenters. The number of nitrogens with zero attached hydrogens (tertiary/aromatic N) is 1. The molecule has 2 N–H and O–H groups in total. The maximum absolute atomic E-state index is 13.9. The van der Waals surface area contributed by atoms with Crippen LogP contribution in [0.3, 0.4) is 0 Å². The Morgan fingerprint density at radius 2 is 1.89 bits per heavy atom. The molecule has 28 heavy (non-hydrogen) atoms. The van der Waals surface area contributed by atoms with Crippen molar-refractivity contribution in [2.45, 2.75) is 38.3 Å². The van der Waals surface area contributed by atoms with E-state index in [-0.39, 0.29) is 23.6 Å². The fourth-order valence-electron chi connectivity index (χ4n) is 4.19. The predicted octanol–water partition coefficient (Wildman–Crippen LogP) is 3.35. The van der Waals surface area contributed by atoms with E-state index >= 15 is 0 Å². The highest BCUT2D eigenvalue weighted by atomic mass is 19.1.